The number of rotatable bonds is 3. The van der Waals surface area contributed by atoms with Gasteiger partial charge in [0.1, 0.15) is 0 Å². The van der Waals surface area contributed by atoms with Crippen molar-refractivity contribution < 1.29 is 19.0 Å². The first-order valence-electron chi connectivity index (χ1n) is 2.04. The lowest BCUT2D eigenvalue weighted by Crippen LogP contribution is -2.05. The molecule has 8 heavy (non-hydrogen) atoms. The lowest BCUT2D eigenvalue weighted by molar-refractivity contribution is -0.0444. The molecule has 1 unspecified atom stereocenters. The summed E-state index contributed by atoms with van der Waals surface area (Å²) in [7, 11) is -0.851. The second kappa shape index (κ2) is 4.18. The van der Waals surface area contributed by atoms with E-state index in [0.29, 0.717) is 0 Å². The van der Waals surface area contributed by atoms with Gasteiger partial charge in [0, 0.05) is 7.11 Å². The van der Waals surface area contributed by atoms with E-state index in [-0.39, 0.29) is 0 Å². The summed E-state index contributed by atoms with van der Waals surface area (Å²) in [5, 5.41) is 0. The van der Waals surface area contributed by atoms with Crippen LogP contribution in [0.15, 0.2) is 0 Å². The summed E-state index contributed by atoms with van der Waals surface area (Å²) in [5.74, 6) is 0. The molecule has 0 rings (SSSR count). The molecule has 0 aromatic heterocycles. The minimum atomic E-state index is -2.27. The van der Waals surface area contributed by atoms with E-state index in [1.807, 2.05) is 0 Å². The fourth-order valence-electron chi connectivity index (χ4n) is 0.176. The fourth-order valence-corrected chi connectivity index (χ4v) is 0.527. The van der Waals surface area contributed by atoms with Crippen LogP contribution in [-0.4, -0.2) is 23.2 Å². The van der Waals surface area contributed by atoms with Crippen molar-refractivity contribution in [2.24, 2.45) is 0 Å². The number of ether oxygens (including phenoxy) is 1. The minimum absolute atomic E-state index is 0.545. The zero-order valence-corrected chi connectivity index (χ0v) is 5.63. The third kappa shape index (κ3) is 4.43. The number of hydrogen-bond donors (Lipinski definition) is 2. The number of hydrogen-bond acceptors (Lipinski definition) is 4. The highest BCUT2D eigenvalue weighted by Crippen LogP contribution is 2.26. The van der Waals surface area contributed by atoms with E-state index in [2.05, 4.69) is 9.26 Å². The molecule has 0 saturated carbocycles. The van der Waals surface area contributed by atoms with Gasteiger partial charge in [-0.15, -0.1) is 0 Å². The molecule has 4 nitrogen and oxygen atoms in total. The van der Waals surface area contributed by atoms with Crippen LogP contribution in [0.25, 0.3) is 0 Å². The molecular formula is C3H9O4P. The van der Waals surface area contributed by atoms with Crippen LogP contribution in [0.1, 0.15) is 6.92 Å². The molecule has 0 aliphatic heterocycles. The summed E-state index contributed by atoms with van der Waals surface area (Å²) < 4.78 is 8.89. The van der Waals surface area contributed by atoms with Crippen molar-refractivity contribution in [3.05, 3.63) is 0 Å². The fraction of sp³-hybridized carbons (Fsp3) is 1.00. The zero-order chi connectivity index (χ0) is 6.57. The summed E-state index contributed by atoms with van der Waals surface area (Å²) in [4.78, 5) is 16.3. The highest BCUT2D eigenvalue weighted by Gasteiger charge is 2.04. The molecule has 2 N–H and O–H groups in total. The van der Waals surface area contributed by atoms with Crippen molar-refractivity contribution in [3.63, 3.8) is 0 Å². The Morgan fingerprint density at radius 1 is 1.50 bits per heavy atom. The van der Waals surface area contributed by atoms with E-state index in [0.717, 1.165) is 0 Å². The number of methoxy groups -OCH3 is 1. The van der Waals surface area contributed by atoms with Gasteiger partial charge in [-0.25, -0.2) is 0 Å². The van der Waals surface area contributed by atoms with E-state index < -0.39 is 14.9 Å². The molecule has 0 amide bonds. The Labute approximate surface area is 49.0 Å². The van der Waals surface area contributed by atoms with Gasteiger partial charge in [0.05, 0.1) is 0 Å². The summed E-state index contributed by atoms with van der Waals surface area (Å²) in [5.41, 5.74) is 0. The molecule has 1 atom stereocenters. The molecule has 0 heterocycles. The maximum Gasteiger partial charge on any atom is 0.329 e. The first-order valence-corrected chi connectivity index (χ1v) is 3.20. The molecule has 0 radical (unpaired) electrons. The van der Waals surface area contributed by atoms with Gasteiger partial charge in [-0.1, -0.05) is 0 Å². The maximum absolute atomic E-state index is 8.17. The largest absolute Gasteiger partial charge is 0.356 e. The van der Waals surface area contributed by atoms with Crippen LogP contribution >= 0.6 is 8.60 Å². The average Bonchev–Trinajstić information content (AvgIpc) is 1.65. The van der Waals surface area contributed by atoms with E-state index in [9.17, 15) is 0 Å². The van der Waals surface area contributed by atoms with E-state index in [1.54, 1.807) is 6.92 Å². The second-order valence-electron chi connectivity index (χ2n) is 1.16. The van der Waals surface area contributed by atoms with E-state index in [1.165, 1.54) is 7.11 Å². The Morgan fingerprint density at radius 2 is 2.00 bits per heavy atom. The topological polar surface area (TPSA) is 58.9 Å². The smallest absolute Gasteiger partial charge is 0.329 e. The second-order valence-corrected chi connectivity index (χ2v) is 1.88. The maximum atomic E-state index is 8.17. The van der Waals surface area contributed by atoms with Crippen molar-refractivity contribution in [1.82, 2.24) is 0 Å². The highest BCUT2D eigenvalue weighted by atomic mass is 31.2. The SMILES string of the molecule is COC(C)OP(O)O. The van der Waals surface area contributed by atoms with Crippen molar-refractivity contribution in [3.8, 4) is 0 Å². The standard InChI is InChI=1S/C3H9O4P/c1-3(6-2)7-8(4)5/h3-5H,1-2H3. The molecule has 0 aromatic carbocycles. The predicted octanol–water partition coefficient (Wildman–Crippen LogP) is 0.207. The summed E-state index contributed by atoms with van der Waals surface area (Å²) >= 11 is 0. The Bertz CT molecular complexity index is 57.2. The van der Waals surface area contributed by atoms with Gasteiger partial charge in [0.15, 0.2) is 6.29 Å². The third-order valence-corrected chi connectivity index (χ3v) is 1.06. The van der Waals surface area contributed by atoms with Gasteiger partial charge in [-0.3, -0.25) is 4.52 Å². The van der Waals surface area contributed by atoms with Crippen LogP contribution in [0.4, 0.5) is 0 Å². The van der Waals surface area contributed by atoms with Crippen molar-refractivity contribution >= 4 is 8.60 Å². The molecule has 5 heteroatoms. The highest BCUT2D eigenvalue weighted by molar-refractivity contribution is 7.39. The zero-order valence-electron chi connectivity index (χ0n) is 4.74. The van der Waals surface area contributed by atoms with Crippen molar-refractivity contribution in [2.75, 3.05) is 7.11 Å². The molecule has 50 valence electrons. The Hall–Kier alpha value is 0.270. The molecule has 0 aliphatic carbocycles. The monoisotopic (exact) mass is 140 g/mol. The van der Waals surface area contributed by atoms with Gasteiger partial charge in [-0.05, 0) is 6.92 Å². The van der Waals surface area contributed by atoms with Gasteiger partial charge >= 0.3 is 8.60 Å². The van der Waals surface area contributed by atoms with Crippen LogP contribution in [0, 0.1) is 0 Å². The lowest BCUT2D eigenvalue weighted by atomic mass is 10.8. The van der Waals surface area contributed by atoms with Gasteiger partial charge in [0.2, 0.25) is 0 Å². The molecule has 0 bridgehead atoms. The molecular weight excluding hydrogens is 131 g/mol. The summed E-state index contributed by atoms with van der Waals surface area (Å²) in [6, 6.07) is 0. The van der Waals surface area contributed by atoms with E-state index in [4.69, 9.17) is 9.79 Å². The quantitative estimate of drug-likeness (QED) is 0.434. The van der Waals surface area contributed by atoms with Crippen LogP contribution in [0.3, 0.4) is 0 Å². The Morgan fingerprint density at radius 3 is 2.12 bits per heavy atom. The van der Waals surface area contributed by atoms with Crippen LogP contribution in [0.2, 0.25) is 0 Å². The summed E-state index contributed by atoms with van der Waals surface area (Å²) in [6.07, 6.45) is -0.545. The summed E-state index contributed by atoms with van der Waals surface area (Å²) in [6.45, 7) is 1.57. The predicted molar refractivity (Wildman–Crippen MR) is 28.9 cm³/mol. The van der Waals surface area contributed by atoms with E-state index >= 15 is 0 Å². The van der Waals surface area contributed by atoms with Crippen LogP contribution in [0.5, 0.6) is 0 Å². The van der Waals surface area contributed by atoms with Crippen LogP contribution in [-0.2, 0) is 9.26 Å². The normalized spacial score (nSPS) is 14.6. The third-order valence-electron chi connectivity index (χ3n) is 0.575. The molecule has 0 aliphatic rings. The van der Waals surface area contributed by atoms with Gasteiger partial charge < -0.3 is 14.5 Å². The molecule has 0 spiro atoms. The van der Waals surface area contributed by atoms with Crippen molar-refractivity contribution in [1.29, 1.82) is 0 Å². The molecule has 0 fully saturated rings. The minimum Gasteiger partial charge on any atom is -0.356 e. The Balaban J connectivity index is 3.10. The molecule has 0 saturated heterocycles. The first-order chi connectivity index (χ1) is 3.66. The average molecular weight is 140 g/mol. The lowest BCUT2D eigenvalue weighted by Gasteiger charge is -2.09. The molecule has 0 aromatic rings. The van der Waals surface area contributed by atoms with Crippen molar-refractivity contribution in [2.45, 2.75) is 13.2 Å². The van der Waals surface area contributed by atoms with Gasteiger partial charge in [-0.2, -0.15) is 0 Å². The Kier molecular flexibility index (Phi) is 4.32. The first kappa shape index (κ1) is 8.27. The van der Waals surface area contributed by atoms with Crippen LogP contribution < -0.4 is 0 Å². The van der Waals surface area contributed by atoms with Gasteiger partial charge in [0.25, 0.3) is 0 Å².